The molecule has 1 aliphatic heterocycles. The Morgan fingerprint density at radius 1 is 1.44 bits per heavy atom. The minimum Gasteiger partial charge on any atom is -0.352 e. The van der Waals surface area contributed by atoms with E-state index in [9.17, 15) is 9.59 Å². The van der Waals surface area contributed by atoms with Crippen molar-refractivity contribution >= 4 is 27.3 Å². The maximum atomic E-state index is 12.6. The molecule has 0 unspecified atom stereocenters. The van der Waals surface area contributed by atoms with Gasteiger partial charge < -0.3 is 10.2 Å². The van der Waals surface area contributed by atoms with Crippen LogP contribution in [0.1, 0.15) is 24.1 Å². The van der Waals surface area contributed by atoms with Crippen molar-refractivity contribution in [1.82, 2.24) is 24.9 Å². The zero-order valence-corrected chi connectivity index (χ0v) is 15.8. The van der Waals surface area contributed by atoms with Crippen molar-refractivity contribution in [2.24, 2.45) is 5.92 Å². The number of nitrogens with zero attached hydrogens (tertiary/aromatic N) is 5. The fraction of sp³-hybridized carbons (Fsp3) is 0.389. The van der Waals surface area contributed by atoms with Crippen molar-refractivity contribution in [3.8, 4) is 0 Å². The van der Waals surface area contributed by atoms with Gasteiger partial charge in [0.2, 0.25) is 16.0 Å². The van der Waals surface area contributed by atoms with E-state index in [1.807, 2.05) is 12.1 Å². The normalized spacial score (nSPS) is 17.2. The summed E-state index contributed by atoms with van der Waals surface area (Å²) < 4.78 is 1.33. The molecule has 3 aromatic rings. The molecule has 0 radical (unpaired) electrons. The van der Waals surface area contributed by atoms with Crippen LogP contribution in [0.5, 0.6) is 0 Å². The van der Waals surface area contributed by atoms with Gasteiger partial charge >= 0.3 is 0 Å². The zero-order chi connectivity index (χ0) is 18.8. The summed E-state index contributed by atoms with van der Waals surface area (Å²) in [5.41, 5.74) is 1.48. The first kappa shape index (κ1) is 17.6. The SMILES string of the molecule is Cc1cc(=O)n2nc(N3CCC[C@H](C(=O)NCc4cccnc4)C3)sc2n1. The first-order chi connectivity index (χ1) is 13.1. The summed E-state index contributed by atoms with van der Waals surface area (Å²) in [5, 5.41) is 8.14. The van der Waals surface area contributed by atoms with Gasteiger partial charge in [0.25, 0.3) is 5.56 Å². The Morgan fingerprint density at radius 2 is 2.33 bits per heavy atom. The molecule has 9 heteroatoms. The molecule has 0 saturated carbocycles. The Balaban J connectivity index is 1.45. The summed E-state index contributed by atoms with van der Waals surface area (Å²) in [6, 6.07) is 5.27. The lowest BCUT2D eigenvalue weighted by atomic mass is 9.97. The van der Waals surface area contributed by atoms with Gasteiger partial charge in [-0.15, -0.1) is 5.10 Å². The van der Waals surface area contributed by atoms with Gasteiger partial charge in [0.05, 0.1) is 5.92 Å². The lowest BCUT2D eigenvalue weighted by molar-refractivity contribution is -0.125. The molecule has 0 spiro atoms. The number of carbonyl (C=O) groups excluding carboxylic acids is 1. The lowest BCUT2D eigenvalue weighted by Gasteiger charge is -2.31. The molecule has 1 atom stereocenters. The van der Waals surface area contributed by atoms with Crippen molar-refractivity contribution < 1.29 is 4.79 Å². The summed E-state index contributed by atoms with van der Waals surface area (Å²) in [5.74, 6) is -0.0651. The Morgan fingerprint density at radius 3 is 3.15 bits per heavy atom. The number of hydrogen-bond donors (Lipinski definition) is 1. The molecule has 0 bridgehead atoms. The highest BCUT2D eigenvalue weighted by Gasteiger charge is 2.27. The number of piperidine rings is 1. The molecule has 1 fully saturated rings. The Bertz CT molecular complexity index is 1020. The molecule has 27 heavy (non-hydrogen) atoms. The van der Waals surface area contributed by atoms with E-state index < -0.39 is 0 Å². The van der Waals surface area contributed by atoms with E-state index in [1.165, 1.54) is 21.9 Å². The Hall–Kier alpha value is -2.81. The zero-order valence-electron chi connectivity index (χ0n) is 15.0. The van der Waals surface area contributed by atoms with Crippen molar-refractivity contribution in [3.63, 3.8) is 0 Å². The van der Waals surface area contributed by atoms with Crippen molar-refractivity contribution in [1.29, 1.82) is 0 Å². The van der Waals surface area contributed by atoms with Crippen LogP contribution in [0.2, 0.25) is 0 Å². The molecule has 4 heterocycles. The number of fused-ring (bicyclic) bond motifs is 1. The van der Waals surface area contributed by atoms with Crippen molar-refractivity contribution in [2.45, 2.75) is 26.3 Å². The monoisotopic (exact) mass is 384 g/mol. The number of rotatable bonds is 4. The summed E-state index contributed by atoms with van der Waals surface area (Å²) in [6.07, 6.45) is 5.21. The molecular weight excluding hydrogens is 364 g/mol. The number of hydrogen-bond acceptors (Lipinski definition) is 7. The topological polar surface area (TPSA) is 92.5 Å². The second kappa shape index (κ2) is 7.43. The van der Waals surface area contributed by atoms with Crippen LogP contribution in [-0.2, 0) is 11.3 Å². The maximum Gasteiger partial charge on any atom is 0.275 e. The Labute approximate surface area is 159 Å². The van der Waals surface area contributed by atoms with Crippen molar-refractivity contribution in [3.05, 3.63) is 52.2 Å². The van der Waals surface area contributed by atoms with Crippen LogP contribution in [0.3, 0.4) is 0 Å². The molecule has 1 saturated heterocycles. The van der Waals surface area contributed by atoms with Gasteiger partial charge in [-0.2, -0.15) is 4.52 Å². The number of anilines is 1. The van der Waals surface area contributed by atoms with E-state index in [0.717, 1.165) is 30.1 Å². The summed E-state index contributed by atoms with van der Waals surface area (Å²) >= 11 is 1.38. The van der Waals surface area contributed by atoms with Crippen LogP contribution in [0.4, 0.5) is 5.13 Å². The maximum absolute atomic E-state index is 12.6. The number of amides is 1. The fourth-order valence-corrected chi connectivity index (χ4v) is 4.23. The summed E-state index contributed by atoms with van der Waals surface area (Å²) in [4.78, 5) is 35.7. The molecule has 8 nitrogen and oxygen atoms in total. The number of aryl methyl sites for hydroxylation is 1. The van der Waals surface area contributed by atoms with E-state index in [1.54, 1.807) is 19.3 Å². The highest BCUT2D eigenvalue weighted by atomic mass is 32.1. The minimum atomic E-state index is -0.178. The molecular formula is C18H20N6O2S. The largest absolute Gasteiger partial charge is 0.352 e. The third-order valence-electron chi connectivity index (χ3n) is 4.61. The van der Waals surface area contributed by atoms with Crippen LogP contribution in [0.25, 0.3) is 4.96 Å². The molecule has 1 N–H and O–H groups in total. The van der Waals surface area contributed by atoms with Gasteiger partial charge in [-0.1, -0.05) is 17.4 Å². The molecule has 140 valence electrons. The summed E-state index contributed by atoms with van der Waals surface area (Å²) in [7, 11) is 0. The van der Waals surface area contributed by atoms with Gasteiger partial charge in [0, 0.05) is 43.8 Å². The van der Waals surface area contributed by atoms with E-state index in [0.29, 0.717) is 23.7 Å². The molecule has 3 aromatic heterocycles. The van der Waals surface area contributed by atoms with E-state index in [2.05, 4.69) is 25.3 Å². The van der Waals surface area contributed by atoms with E-state index >= 15 is 0 Å². The average Bonchev–Trinajstić information content (AvgIpc) is 3.11. The van der Waals surface area contributed by atoms with Gasteiger partial charge in [-0.25, -0.2) is 4.98 Å². The van der Waals surface area contributed by atoms with Gasteiger partial charge in [-0.05, 0) is 31.4 Å². The number of aromatic nitrogens is 4. The first-order valence-corrected chi connectivity index (χ1v) is 9.71. The fourth-order valence-electron chi connectivity index (χ4n) is 3.24. The standard InChI is InChI=1S/C18H20N6O2S/c1-12-8-15(25)24-17(21-12)27-18(22-24)23-7-3-5-14(11-23)16(26)20-10-13-4-2-6-19-9-13/h2,4,6,8-9,14H,3,5,7,10-11H2,1H3,(H,20,26)/t14-/m0/s1. The molecule has 0 aromatic carbocycles. The lowest BCUT2D eigenvalue weighted by Crippen LogP contribution is -2.43. The van der Waals surface area contributed by atoms with Gasteiger partial charge in [0.15, 0.2) is 0 Å². The highest BCUT2D eigenvalue weighted by Crippen LogP contribution is 2.27. The quantitative estimate of drug-likeness (QED) is 0.731. The van der Waals surface area contributed by atoms with Gasteiger partial charge in [-0.3, -0.25) is 14.6 Å². The second-order valence-electron chi connectivity index (χ2n) is 6.68. The Kier molecular flexibility index (Phi) is 4.85. The number of carbonyl (C=O) groups is 1. The van der Waals surface area contributed by atoms with Crippen LogP contribution in [-0.4, -0.2) is 38.6 Å². The van der Waals surface area contributed by atoms with E-state index in [4.69, 9.17) is 0 Å². The average molecular weight is 384 g/mol. The predicted octanol–water partition coefficient (Wildman–Crippen LogP) is 1.39. The predicted molar refractivity (Wildman–Crippen MR) is 103 cm³/mol. The molecule has 1 aliphatic rings. The van der Waals surface area contributed by atoms with Crippen LogP contribution >= 0.6 is 11.3 Å². The molecule has 4 rings (SSSR count). The number of nitrogens with one attached hydrogen (secondary N) is 1. The first-order valence-electron chi connectivity index (χ1n) is 8.89. The second-order valence-corrected chi connectivity index (χ2v) is 7.61. The minimum absolute atomic E-state index is 0.0378. The van der Waals surface area contributed by atoms with Gasteiger partial charge in [0.1, 0.15) is 0 Å². The van der Waals surface area contributed by atoms with Crippen LogP contribution < -0.4 is 15.8 Å². The van der Waals surface area contributed by atoms with Crippen molar-refractivity contribution in [2.75, 3.05) is 18.0 Å². The number of pyridine rings is 1. The third-order valence-corrected chi connectivity index (χ3v) is 5.58. The summed E-state index contributed by atoms with van der Waals surface area (Å²) in [6.45, 7) is 3.68. The highest BCUT2D eigenvalue weighted by molar-refractivity contribution is 7.20. The van der Waals surface area contributed by atoms with Crippen LogP contribution in [0.15, 0.2) is 35.4 Å². The van der Waals surface area contributed by atoms with E-state index in [-0.39, 0.29) is 17.4 Å². The third kappa shape index (κ3) is 3.82. The molecule has 0 aliphatic carbocycles. The van der Waals surface area contributed by atoms with Crippen LogP contribution in [0, 0.1) is 12.8 Å². The molecule has 1 amide bonds. The smallest absolute Gasteiger partial charge is 0.275 e.